The normalized spacial score (nSPS) is 13.3. The van der Waals surface area contributed by atoms with Crippen LogP contribution >= 0.6 is 11.6 Å². The Morgan fingerprint density at radius 2 is 2.00 bits per heavy atom. The Kier molecular flexibility index (Phi) is 3.70. The minimum absolute atomic E-state index is 0.0917. The summed E-state index contributed by atoms with van der Waals surface area (Å²) >= 11 is 6.16. The monoisotopic (exact) mass is 340 g/mol. The van der Waals surface area contributed by atoms with Crippen molar-refractivity contribution in [2.75, 3.05) is 18.1 Å². The molecule has 5 nitrogen and oxygen atoms in total. The van der Waals surface area contributed by atoms with Crippen LogP contribution in [0.5, 0.6) is 5.75 Å². The van der Waals surface area contributed by atoms with Gasteiger partial charge in [0.2, 0.25) is 0 Å². The molecule has 0 bridgehead atoms. The van der Waals surface area contributed by atoms with Gasteiger partial charge < -0.3 is 14.1 Å². The van der Waals surface area contributed by atoms with Crippen LogP contribution in [0.25, 0.3) is 11.3 Å². The molecule has 0 atom stereocenters. The second-order valence-corrected chi connectivity index (χ2v) is 5.74. The molecule has 1 aliphatic heterocycles. The highest BCUT2D eigenvalue weighted by Gasteiger charge is 2.26. The molecular formula is C18H13ClN2O3. The molecule has 24 heavy (non-hydrogen) atoms. The number of carbonyl (C=O) groups excluding carboxylic acids is 1. The van der Waals surface area contributed by atoms with Crippen molar-refractivity contribution in [3.63, 3.8) is 0 Å². The number of rotatable bonds is 2. The quantitative estimate of drug-likeness (QED) is 0.706. The zero-order valence-corrected chi connectivity index (χ0v) is 13.4. The number of aromatic nitrogens is 1. The SMILES string of the molecule is O=C(c1ccc(-c2cnco2)cc1)N1CCOc2c(Cl)cccc21. The average Bonchev–Trinajstić information content (AvgIpc) is 3.16. The molecule has 0 saturated carbocycles. The molecule has 1 aliphatic rings. The lowest BCUT2D eigenvalue weighted by molar-refractivity contribution is 0.0976. The number of amides is 1. The number of halogens is 1. The van der Waals surface area contributed by atoms with Crippen molar-refractivity contribution in [3.05, 3.63) is 65.6 Å². The van der Waals surface area contributed by atoms with Crippen molar-refractivity contribution >= 4 is 23.2 Å². The standard InChI is InChI=1S/C18H13ClN2O3/c19-14-2-1-3-15-17(14)23-9-8-21(15)18(22)13-6-4-12(5-7-13)16-10-20-11-24-16/h1-7,10-11H,8-9H2. The van der Waals surface area contributed by atoms with Crippen LogP contribution in [-0.2, 0) is 0 Å². The van der Waals surface area contributed by atoms with Gasteiger partial charge >= 0.3 is 0 Å². The minimum Gasteiger partial charge on any atom is -0.488 e. The van der Waals surface area contributed by atoms with Crippen molar-refractivity contribution < 1.29 is 13.9 Å². The molecule has 0 aliphatic carbocycles. The first-order chi connectivity index (χ1) is 11.7. The summed E-state index contributed by atoms with van der Waals surface area (Å²) in [5.74, 6) is 1.13. The summed E-state index contributed by atoms with van der Waals surface area (Å²) in [6.07, 6.45) is 3.01. The number of oxazole rings is 1. The van der Waals surface area contributed by atoms with E-state index in [0.717, 1.165) is 5.56 Å². The number of hydrogen-bond acceptors (Lipinski definition) is 4. The number of anilines is 1. The molecule has 6 heteroatoms. The number of fused-ring (bicyclic) bond motifs is 1. The van der Waals surface area contributed by atoms with E-state index in [0.29, 0.717) is 40.9 Å². The Balaban J connectivity index is 1.64. The molecule has 0 unspecified atom stereocenters. The van der Waals surface area contributed by atoms with Crippen LogP contribution in [0.1, 0.15) is 10.4 Å². The lowest BCUT2D eigenvalue weighted by Crippen LogP contribution is -2.38. The zero-order valence-electron chi connectivity index (χ0n) is 12.6. The van der Waals surface area contributed by atoms with Gasteiger partial charge in [-0.2, -0.15) is 0 Å². The van der Waals surface area contributed by atoms with Gasteiger partial charge in [-0.15, -0.1) is 0 Å². The lowest BCUT2D eigenvalue weighted by atomic mass is 10.1. The fourth-order valence-electron chi connectivity index (χ4n) is 2.71. The van der Waals surface area contributed by atoms with Crippen molar-refractivity contribution in [2.45, 2.75) is 0 Å². The van der Waals surface area contributed by atoms with Gasteiger partial charge in [0.05, 0.1) is 23.5 Å². The Morgan fingerprint density at radius 3 is 2.75 bits per heavy atom. The Morgan fingerprint density at radius 1 is 1.17 bits per heavy atom. The van der Waals surface area contributed by atoms with E-state index in [1.807, 2.05) is 24.3 Å². The summed E-state index contributed by atoms with van der Waals surface area (Å²) < 4.78 is 10.9. The first kappa shape index (κ1) is 14.8. The maximum atomic E-state index is 12.9. The molecule has 3 aromatic rings. The second kappa shape index (κ2) is 6.02. The summed E-state index contributed by atoms with van der Waals surface area (Å²) in [5.41, 5.74) is 2.15. The second-order valence-electron chi connectivity index (χ2n) is 5.34. The van der Waals surface area contributed by atoms with Crippen molar-refractivity contribution in [1.82, 2.24) is 4.98 Å². The van der Waals surface area contributed by atoms with Crippen molar-refractivity contribution in [3.8, 4) is 17.1 Å². The van der Waals surface area contributed by atoms with E-state index in [1.165, 1.54) is 6.39 Å². The highest BCUT2D eigenvalue weighted by Crippen LogP contribution is 2.38. The molecule has 0 N–H and O–H groups in total. The van der Waals surface area contributed by atoms with E-state index in [4.69, 9.17) is 20.8 Å². The first-order valence-corrected chi connectivity index (χ1v) is 7.84. The predicted molar refractivity (Wildman–Crippen MR) is 90.6 cm³/mol. The third kappa shape index (κ3) is 2.53. The van der Waals surface area contributed by atoms with E-state index in [1.54, 1.807) is 29.3 Å². The van der Waals surface area contributed by atoms with E-state index >= 15 is 0 Å². The largest absolute Gasteiger partial charge is 0.488 e. The minimum atomic E-state index is -0.0917. The Labute approximate surface area is 143 Å². The van der Waals surface area contributed by atoms with Crippen LogP contribution in [0.3, 0.4) is 0 Å². The van der Waals surface area contributed by atoms with E-state index in [9.17, 15) is 4.79 Å². The molecule has 1 amide bonds. The topological polar surface area (TPSA) is 55.6 Å². The van der Waals surface area contributed by atoms with Crippen molar-refractivity contribution in [2.24, 2.45) is 0 Å². The van der Waals surface area contributed by atoms with Gasteiger partial charge in [0.25, 0.3) is 5.91 Å². The molecular weight excluding hydrogens is 328 g/mol. The van der Waals surface area contributed by atoms with Crippen LogP contribution in [0.15, 0.2) is 59.5 Å². The number of nitrogens with zero attached hydrogens (tertiary/aromatic N) is 2. The van der Waals surface area contributed by atoms with Crippen LogP contribution in [0.4, 0.5) is 5.69 Å². The summed E-state index contributed by atoms with van der Waals surface area (Å²) in [5, 5.41) is 0.505. The molecule has 2 aromatic carbocycles. The highest BCUT2D eigenvalue weighted by molar-refractivity contribution is 6.32. The number of ether oxygens (including phenoxy) is 1. The molecule has 0 fully saturated rings. The Hall–Kier alpha value is -2.79. The Bertz CT molecular complexity index is 876. The molecule has 4 rings (SSSR count). The summed E-state index contributed by atoms with van der Waals surface area (Å²) in [7, 11) is 0. The molecule has 1 aromatic heterocycles. The highest BCUT2D eigenvalue weighted by atomic mass is 35.5. The van der Waals surface area contributed by atoms with Gasteiger partial charge in [0, 0.05) is 11.1 Å². The summed E-state index contributed by atoms with van der Waals surface area (Å²) in [4.78, 5) is 18.4. The van der Waals surface area contributed by atoms with Gasteiger partial charge in [-0.1, -0.05) is 29.8 Å². The van der Waals surface area contributed by atoms with E-state index < -0.39 is 0 Å². The van der Waals surface area contributed by atoms with Crippen LogP contribution in [0, 0.1) is 0 Å². The molecule has 0 saturated heterocycles. The number of benzene rings is 2. The maximum Gasteiger partial charge on any atom is 0.258 e. The molecule has 0 spiro atoms. The fourth-order valence-corrected chi connectivity index (χ4v) is 2.94. The number of hydrogen-bond donors (Lipinski definition) is 0. The summed E-state index contributed by atoms with van der Waals surface area (Å²) in [6.45, 7) is 0.897. The smallest absolute Gasteiger partial charge is 0.258 e. The number of para-hydroxylation sites is 1. The number of carbonyl (C=O) groups is 1. The van der Waals surface area contributed by atoms with Crippen LogP contribution < -0.4 is 9.64 Å². The van der Waals surface area contributed by atoms with Gasteiger partial charge in [0.1, 0.15) is 6.61 Å². The van der Waals surface area contributed by atoms with E-state index in [-0.39, 0.29) is 5.91 Å². The lowest BCUT2D eigenvalue weighted by Gasteiger charge is -2.30. The third-order valence-corrected chi connectivity index (χ3v) is 4.19. The zero-order chi connectivity index (χ0) is 16.5. The van der Waals surface area contributed by atoms with Crippen LogP contribution in [-0.4, -0.2) is 24.0 Å². The van der Waals surface area contributed by atoms with E-state index in [2.05, 4.69) is 4.98 Å². The fraction of sp³-hybridized carbons (Fsp3) is 0.111. The average molecular weight is 341 g/mol. The summed E-state index contributed by atoms with van der Waals surface area (Å²) in [6, 6.07) is 12.6. The molecule has 2 heterocycles. The molecule has 0 radical (unpaired) electrons. The molecule has 120 valence electrons. The first-order valence-electron chi connectivity index (χ1n) is 7.46. The maximum absolute atomic E-state index is 12.9. The van der Waals surface area contributed by atoms with Crippen molar-refractivity contribution in [1.29, 1.82) is 0 Å². The third-order valence-electron chi connectivity index (χ3n) is 3.89. The van der Waals surface area contributed by atoms with Gasteiger partial charge in [-0.25, -0.2) is 4.98 Å². The van der Waals surface area contributed by atoms with Gasteiger partial charge in [-0.05, 0) is 24.3 Å². The predicted octanol–water partition coefficient (Wildman–Crippen LogP) is 4.03. The van der Waals surface area contributed by atoms with Gasteiger partial charge in [-0.3, -0.25) is 4.79 Å². The van der Waals surface area contributed by atoms with Crippen LogP contribution in [0.2, 0.25) is 5.02 Å². The van der Waals surface area contributed by atoms with Gasteiger partial charge in [0.15, 0.2) is 17.9 Å².